The second-order valence-corrected chi connectivity index (χ2v) is 14.4. The van der Waals surface area contributed by atoms with E-state index in [-0.39, 0.29) is 49.1 Å². The number of amides is 3. The lowest BCUT2D eigenvalue weighted by Crippen LogP contribution is -2.62. The highest BCUT2D eigenvalue weighted by Crippen LogP contribution is 2.40. The zero-order valence-electron chi connectivity index (χ0n) is 27.7. The van der Waals surface area contributed by atoms with Gasteiger partial charge in [-0.1, -0.05) is 24.3 Å². The molecule has 18 heteroatoms. The van der Waals surface area contributed by atoms with Gasteiger partial charge in [0.25, 0.3) is 0 Å². The highest BCUT2D eigenvalue weighted by molar-refractivity contribution is 7.81. The second-order valence-electron chi connectivity index (χ2n) is 13.3. The van der Waals surface area contributed by atoms with Crippen LogP contribution >= 0.6 is 0 Å². The van der Waals surface area contributed by atoms with Crippen molar-refractivity contribution in [3.8, 4) is 11.5 Å². The summed E-state index contributed by atoms with van der Waals surface area (Å²) in [5.74, 6) is -2.72. The molecule has 2 heterocycles. The Balaban J connectivity index is 1.38. The zero-order valence-corrected chi connectivity index (χ0v) is 28.5. The molecule has 5 unspecified atom stereocenters. The average molecular weight is 733 g/mol. The van der Waals surface area contributed by atoms with Crippen LogP contribution in [0.15, 0.2) is 48.5 Å². The van der Waals surface area contributed by atoms with Gasteiger partial charge >= 0.3 is 10.4 Å². The molecule has 2 aliphatic heterocycles. The summed E-state index contributed by atoms with van der Waals surface area (Å²) in [6.07, 6.45) is -1.40. The molecule has 1 saturated carbocycles. The average Bonchev–Trinajstić information content (AvgIpc) is 3.44. The first-order chi connectivity index (χ1) is 24.1. The van der Waals surface area contributed by atoms with Gasteiger partial charge in [0.15, 0.2) is 5.96 Å². The van der Waals surface area contributed by atoms with Crippen molar-refractivity contribution >= 4 is 34.1 Å². The normalized spacial score (nSPS) is 26.0. The molecular formula is C33H44N6O11S. The van der Waals surface area contributed by atoms with Crippen LogP contribution in [0.4, 0.5) is 0 Å². The molecule has 2 saturated heterocycles. The number of nitrogens with one attached hydrogen (secondary N) is 3. The van der Waals surface area contributed by atoms with Crippen molar-refractivity contribution in [1.82, 2.24) is 20.4 Å². The third-order valence-corrected chi connectivity index (χ3v) is 10.2. The molecule has 0 aromatic heterocycles. The van der Waals surface area contributed by atoms with E-state index in [0.29, 0.717) is 43.4 Å². The topological polar surface area (TPSA) is 276 Å². The molecule has 3 amide bonds. The van der Waals surface area contributed by atoms with E-state index < -0.39 is 70.7 Å². The molecule has 0 radical (unpaired) electrons. The standard InChI is InChI=1S/C33H44N6O11S/c34-33(35)38-13-1-2-24(31(38)45)36-29(43)27-16-20-7-10-22(41)17-26(20)39(27)32(46)25(14-18-3-8-21(40)9-4-18)37-30(44)28(42)15-19-5-11-23(12-6-19)50-51(47,48)49/h3-6,8-9,11-12,20,22,24-28,31,40-42,45H,1-2,7,10,13-17H2,(H3,34,35)(H,36,43)(H,37,44)(H,47,48,49)/t20?,22?,24-,25-,26?,27?,28-,31?/m1/s1. The molecule has 1 aliphatic carbocycles. The first-order valence-electron chi connectivity index (χ1n) is 16.7. The van der Waals surface area contributed by atoms with Crippen molar-refractivity contribution in [2.45, 2.75) is 94.0 Å². The van der Waals surface area contributed by atoms with Crippen molar-refractivity contribution in [3.05, 3.63) is 59.7 Å². The van der Waals surface area contributed by atoms with E-state index in [2.05, 4.69) is 14.8 Å². The summed E-state index contributed by atoms with van der Waals surface area (Å²) in [5, 5.41) is 55.4. The van der Waals surface area contributed by atoms with Crippen molar-refractivity contribution in [3.63, 3.8) is 0 Å². The number of benzene rings is 2. The Morgan fingerprint density at radius 1 is 0.980 bits per heavy atom. The number of phenolic OH excluding ortho intramolecular Hbond substituents is 1. The number of piperidine rings is 1. The first-order valence-corrected chi connectivity index (χ1v) is 18.1. The van der Waals surface area contributed by atoms with Gasteiger partial charge in [-0.3, -0.25) is 24.3 Å². The van der Waals surface area contributed by atoms with E-state index in [1.165, 1.54) is 46.2 Å². The highest BCUT2D eigenvalue weighted by Gasteiger charge is 2.51. The summed E-state index contributed by atoms with van der Waals surface area (Å²) < 4.78 is 35.2. The molecule has 0 spiro atoms. The number of aliphatic hydroxyl groups excluding tert-OH is 3. The van der Waals surface area contributed by atoms with Crippen molar-refractivity contribution in [2.24, 2.45) is 11.7 Å². The van der Waals surface area contributed by atoms with Gasteiger partial charge in [0, 0.05) is 25.4 Å². The molecule has 2 aromatic carbocycles. The number of nitrogens with zero attached hydrogens (tertiary/aromatic N) is 2. The third kappa shape index (κ3) is 9.44. The molecule has 51 heavy (non-hydrogen) atoms. The van der Waals surface area contributed by atoms with E-state index in [9.17, 15) is 43.2 Å². The maximum atomic E-state index is 14.6. The second kappa shape index (κ2) is 15.8. The minimum absolute atomic E-state index is 0.0161. The first kappa shape index (κ1) is 37.8. The van der Waals surface area contributed by atoms with E-state index in [4.69, 9.17) is 15.7 Å². The lowest BCUT2D eigenvalue weighted by molar-refractivity contribution is -0.146. The molecule has 2 aromatic rings. The van der Waals surface area contributed by atoms with Crippen LogP contribution < -0.4 is 20.6 Å². The van der Waals surface area contributed by atoms with Gasteiger partial charge in [0.2, 0.25) is 17.7 Å². The van der Waals surface area contributed by atoms with Crippen molar-refractivity contribution in [2.75, 3.05) is 6.54 Å². The molecule has 17 nitrogen and oxygen atoms in total. The Kier molecular flexibility index (Phi) is 11.7. The Morgan fingerprint density at radius 3 is 2.27 bits per heavy atom. The fraction of sp³-hybridized carbons (Fsp3) is 0.515. The molecule has 278 valence electrons. The molecular weight excluding hydrogens is 688 g/mol. The van der Waals surface area contributed by atoms with Crippen LogP contribution in [0.1, 0.15) is 49.7 Å². The van der Waals surface area contributed by atoms with Crippen LogP contribution in [-0.4, -0.2) is 116 Å². The van der Waals surface area contributed by atoms with Gasteiger partial charge < -0.3 is 50.8 Å². The summed E-state index contributed by atoms with van der Waals surface area (Å²) >= 11 is 0. The van der Waals surface area contributed by atoms with Gasteiger partial charge in [-0.2, -0.15) is 8.42 Å². The van der Waals surface area contributed by atoms with E-state index >= 15 is 0 Å². The van der Waals surface area contributed by atoms with Gasteiger partial charge in [0.05, 0.1) is 12.1 Å². The number of phenols is 1. The maximum Gasteiger partial charge on any atom is 0.446 e. The summed E-state index contributed by atoms with van der Waals surface area (Å²) in [6.45, 7) is 0.344. The highest BCUT2D eigenvalue weighted by atomic mass is 32.3. The molecule has 0 bridgehead atoms. The summed E-state index contributed by atoms with van der Waals surface area (Å²) in [4.78, 5) is 44.6. The fourth-order valence-corrected chi connectivity index (χ4v) is 7.64. The Labute approximate surface area is 294 Å². The van der Waals surface area contributed by atoms with E-state index in [1.54, 1.807) is 12.1 Å². The number of rotatable bonds is 11. The Morgan fingerprint density at radius 2 is 1.63 bits per heavy atom. The maximum absolute atomic E-state index is 14.6. The molecule has 10 N–H and O–H groups in total. The monoisotopic (exact) mass is 732 g/mol. The van der Waals surface area contributed by atoms with Gasteiger partial charge in [-0.25, -0.2) is 0 Å². The third-order valence-electron chi connectivity index (χ3n) is 9.78. The fourth-order valence-electron chi connectivity index (χ4n) is 7.29. The number of aliphatic hydroxyl groups is 3. The smallest absolute Gasteiger partial charge is 0.446 e. The number of carbonyl (C=O) groups is 3. The van der Waals surface area contributed by atoms with Crippen LogP contribution in [0.2, 0.25) is 0 Å². The lowest BCUT2D eigenvalue weighted by atomic mass is 9.83. The molecule has 3 aliphatic rings. The number of guanidine groups is 1. The number of hydrogen-bond donors (Lipinski definition) is 9. The van der Waals surface area contributed by atoms with Gasteiger partial charge in [-0.05, 0) is 79.8 Å². The van der Waals surface area contributed by atoms with Crippen molar-refractivity contribution < 1.29 is 52.0 Å². The van der Waals surface area contributed by atoms with Crippen molar-refractivity contribution in [1.29, 1.82) is 5.41 Å². The minimum Gasteiger partial charge on any atom is -0.508 e. The molecule has 5 rings (SSSR count). The quantitative estimate of drug-likeness (QED) is 0.0773. The van der Waals surface area contributed by atoms with Crippen LogP contribution in [0.5, 0.6) is 11.5 Å². The predicted molar refractivity (Wildman–Crippen MR) is 180 cm³/mol. The Hall–Kier alpha value is -4.49. The lowest BCUT2D eigenvalue weighted by Gasteiger charge is -2.40. The molecule has 8 atom stereocenters. The van der Waals surface area contributed by atoms with Gasteiger partial charge in [0.1, 0.15) is 35.9 Å². The number of likely N-dealkylation sites (tertiary alicyclic amines) is 2. The van der Waals surface area contributed by atoms with E-state index in [0.717, 1.165) is 0 Å². The zero-order chi connectivity index (χ0) is 37.0. The Bertz CT molecular complexity index is 1690. The SMILES string of the molecule is N=C(N)N1CCC[C@@H](NC(=O)C2CC3CCC(O)CC3N2C(=O)[C@@H](Cc2ccc(O)cc2)NC(=O)[C@H](O)Cc2ccc(OS(=O)(=O)O)cc2)C1O. The number of nitrogens with two attached hydrogens (primary N) is 1. The molecule has 3 fully saturated rings. The van der Waals surface area contributed by atoms with Crippen LogP contribution in [0.25, 0.3) is 0 Å². The number of hydrogen-bond acceptors (Lipinski definition) is 11. The summed E-state index contributed by atoms with van der Waals surface area (Å²) in [5.41, 5.74) is 6.59. The van der Waals surface area contributed by atoms with Gasteiger partial charge in [-0.15, -0.1) is 0 Å². The largest absolute Gasteiger partial charge is 0.508 e. The predicted octanol–water partition coefficient (Wildman–Crippen LogP) is -0.872. The van der Waals surface area contributed by atoms with Crippen LogP contribution in [-0.2, 0) is 37.6 Å². The number of carbonyl (C=O) groups excluding carboxylic acids is 3. The number of fused-ring (bicyclic) bond motifs is 1. The van der Waals surface area contributed by atoms with Crippen LogP contribution in [0.3, 0.4) is 0 Å². The van der Waals surface area contributed by atoms with E-state index in [1.807, 2.05) is 0 Å². The summed E-state index contributed by atoms with van der Waals surface area (Å²) in [7, 11) is -4.75. The number of aromatic hydroxyl groups is 1. The van der Waals surface area contributed by atoms with Crippen LogP contribution in [0, 0.1) is 11.3 Å². The summed E-state index contributed by atoms with van der Waals surface area (Å²) in [6, 6.07) is 7.60. The minimum atomic E-state index is -4.75.